The monoisotopic (exact) mass is 434 g/mol. The molecule has 1 aromatic carbocycles. The first-order valence-electron chi connectivity index (χ1n) is 8.74. The van der Waals surface area contributed by atoms with E-state index in [9.17, 15) is 18.0 Å². The number of alkyl halides is 3. The highest BCUT2D eigenvalue weighted by Crippen LogP contribution is 2.32. The number of ether oxygens (including phenoxy) is 1. The number of aromatic nitrogens is 3. The molecule has 0 bridgehead atoms. The van der Waals surface area contributed by atoms with E-state index >= 15 is 0 Å². The molecule has 3 aromatic rings. The van der Waals surface area contributed by atoms with Crippen molar-refractivity contribution in [3.05, 3.63) is 66.1 Å². The Labute approximate surface area is 174 Å². The van der Waals surface area contributed by atoms with Gasteiger partial charge in [-0.05, 0) is 48.0 Å². The summed E-state index contributed by atoms with van der Waals surface area (Å²) >= 11 is 0.839. The predicted molar refractivity (Wildman–Crippen MR) is 106 cm³/mol. The number of hydrogen-bond donors (Lipinski definition) is 1. The highest BCUT2D eigenvalue weighted by atomic mass is 32.2. The molecule has 0 aliphatic carbocycles. The molecule has 1 N–H and O–H groups in total. The maximum absolute atomic E-state index is 13.3. The van der Waals surface area contributed by atoms with E-state index in [2.05, 4.69) is 20.3 Å². The number of halogens is 3. The van der Waals surface area contributed by atoms with Gasteiger partial charge in [-0.2, -0.15) is 13.2 Å². The summed E-state index contributed by atoms with van der Waals surface area (Å²) in [5, 5.41) is 2.56. The molecule has 10 heteroatoms. The lowest BCUT2D eigenvalue weighted by atomic mass is 10.1. The van der Waals surface area contributed by atoms with Gasteiger partial charge >= 0.3 is 6.18 Å². The Bertz CT molecular complexity index is 999. The van der Waals surface area contributed by atoms with Crippen LogP contribution in [0.15, 0.2) is 60.0 Å². The Hall–Kier alpha value is -3.14. The number of amides is 1. The maximum atomic E-state index is 13.3. The zero-order chi connectivity index (χ0) is 21.6. The van der Waals surface area contributed by atoms with Gasteiger partial charge in [0.15, 0.2) is 5.16 Å². The molecule has 1 amide bonds. The summed E-state index contributed by atoms with van der Waals surface area (Å²) in [6, 6.07) is 10.9. The first kappa shape index (κ1) is 21.6. The summed E-state index contributed by atoms with van der Waals surface area (Å²) in [6.07, 6.45) is -1.43. The van der Waals surface area contributed by atoms with Crippen LogP contribution in [0.1, 0.15) is 11.3 Å². The molecule has 0 saturated heterocycles. The fourth-order valence-corrected chi connectivity index (χ4v) is 3.12. The Kier molecular flexibility index (Phi) is 6.88. The Morgan fingerprint density at radius 3 is 2.43 bits per heavy atom. The average molecular weight is 434 g/mol. The van der Waals surface area contributed by atoms with E-state index in [1.165, 1.54) is 7.11 Å². The predicted octanol–water partition coefficient (Wildman–Crippen LogP) is 3.97. The van der Waals surface area contributed by atoms with Gasteiger partial charge in [0.1, 0.15) is 11.4 Å². The summed E-state index contributed by atoms with van der Waals surface area (Å²) in [7, 11) is 1.50. The lowest BCUT2D eigenvalue weighted by Crippen LogP contribution is -2.24. The van der Waals surface area contributed by atoms with Crippen molar-refractivity contribution >= 4 is 17.7 Å². The van der Waals surface area contributed by atoms with Crippen molar-refractivity contribution in [1.82, 2.24) is 20.3 Å². The summed E-state index contributed by atoms with van der Waals surface area (Å²) < 4.78 is 44.9. The normalized spacial score (nSPS) is 11.2. The lowest BCUT2D eigenvalue weighted by molar-refractivity contribution is -0.141. The van der Waals surface area contributed by atoms with E-state index in [1.807, 2.05) is 0 Å². The van der Waals surface area contributed by atoms with Gasteiger partial charge in [-0.3, -0.25) is 9.78 Å². The molecule has 0 atom stereocenters. The molecule has 0 radical (unpaired) electrons. The maximum Gasteiger partial charge on any atom is 0.433 e. The van der Waals surface area contributed by atoms with E-state index in [-0.39, 0.29) is 22.5 Å². The van der Waals surface area contributed by atoms with Crippen molar-refractivity contribution in [2.75, 3.05) is 12.9 Å². The van der Waals surface area contributed by atoms with Crippen LogP contribution in [0.2, 0.25) is 0 Å². The van der Waals surface area contributed by atoms with Gasteiger partial charge < -0.3 is 10.1 Å². The fourth-order valence-electron chi connectivity index (χ4n) is 2.43. The van der Waals surface area contributed by atoms with Gasteiger partial charge in [0.25, 0.3) is 0 Å². The van der Waals surface area contributed by atoms with Crippen molar-refractivity contribution in [1.29, 1.82) is 0 Å². The summed E-state index contributed by atoms with van der Waals surface area (Å²) in [5.41, 5.74) is 0.385. The number of benzene rings is 1. The number of thioether (sulfide) groups is 1. The van der Waals surface area contributed by atoms with Gasteiger partial charge in [0.05, 0.1) is 18.6 Å². The third-order valence-corrected chi connectivity index (χ3v) is 4.80. The minimum Gasteiger partial charge on any atom is -0.497 e. The number of carbonyl (C=O) groups excluding carboxylic acids is 1. The van der Waals surface area contributed by atoms with Crippen LogP contribution in [0.25, 0.3) is 11.3 Å². The number of pyridine rings is 1. The van der Waals surface area contributed by atoms with Gasteiger partial charge in [0, 0.05) is 24.5 Å². The van der Waals surface area contributed by atoms with Crippen LogP contribution < -0.4 is 10.1 Å². The highest BCUT2D eigenvalue weighted by Gasteiger charge is 2.34. The number of rotatable bonds is 7. The molecule has 156 valence electrons. The Balaban J connectivity index is 1.73. The van der Waals surface area contributed by atoms with Crippen LogP contribution in [0, 0.1) is 0 Å². The van der Waals surface area contributed by atoms with E-state index in [0.717, 1.165) is 23.4 Å². The summed E-state index contributed by atoms with van der Waals surface area (Å²) in [5.74, 6) is 0.113. The van der Waals surface area contributed by atoms with E-state index in [4.69, 9.17) is 4.74 Å². The third kappa shape index (κ3) is 5.93. The second kappa shape index (κ2) is 9.57. The molecule has 0 fully saturated rings. The number of nitrogens with zero attached hydrogens (tertiary/aromatic N) is 3. The Morgan fingerprint density at radius 1 is 1.10 bits per heavy atom. The molecule has 3 rings (SSSR count). The van der Waals surface area contributed by atoms with Crippen molar-refractivity contribution in [2.45, 2.75) is 17.9 Å². The van der Waals surface area contributed by atoms with Crippen LogP contribution in [0.5, 0.6) is 5.75 Å². The van der Waals surface area contributed by atoms with Gasteiger partial charge in [-0.25, -0.2) is 9.97 Å². The van der Waals surface area contributed by atoms with E-state index in [0.29, 0.717) is 17.9 Å². The van der Waals surface area contributed by atoms with E-state index < -0.39 is 11.9 Å². The lowest BCUT2D eigenvalue weighted by Gasteiger charge is -2.11. The van der Waals surface area contributed by atoms with Gasteiger partial charge in [-0.15, -0.1) is 0 Å². The zero-order valence-corrected chi connectivity index (χ0v) is 16.6. The van der Waals surface area contributed by atoms with Crippen LogP contribution in [-0.4, -0.2) is 33.7 Å². The van der Waals surface area contributed by atoms with E-state index in [1.54, 1.807) is 48.8 Å². The van der Waals surface area contributed by atoms with Crippen LogP contribution in [0.4, 0.5) is 13.2 Å². The molecule has 30 heavy (non-hydrogen) atoms. The smallest absolute Gasteiger partial charge is 0.433 e. The van der Waals surface area contributed by atoms with Crippen molar-refractivity contribution in [3.63, 3.8) is 0 Å². The minimum absolute atomic E-state index is 0.111. The van der Waals surface area contributed by atoms with Gasteiger partial charge in [0.2, 0.25) is 5.91 Å². The summed E-state index contributed by atoms with van der Waals surface area (Å²) in [4.78, 5) is 23.7. The average Bonchev–Trinajstić information content (AvgIpc) is 2.76. The highest BCUT2D eigenvalue weighted by molar-refractivity contribution is 7.99. The largest absolute Gasteiger partial charge is 0.497 e. The third-order valence-electron chi connectivity index (χ3n) is 3.95. The molecule has 0 aliphatic heterocycles. The molecule has 0 unspecified atom stereocenters. The molecule has 2 heterocycles. The standard InChI is InChI=1S/C20H17F3N4O2S/c1-29-15-4-2-14(3-5-15)16-10-17(20(21,22)23)27-19(26-16)30-12-18(28)25-11-13-6-8-24-9-7-13/h2-10H,11-12H2,1H3,(H,25,28). The van der Waals surface area contributed by atoms with Crippen molar-refractivity contribution in [3.8, 4) is 17.0 Å². The molecule has 2 aromatic heterocycles. The topological polar surface area (TPSA) is 77.0 Å². The number of methoxy groups -OCH3 is 1. The molecule has 0 saturated carbocycles. The number of hydrogen-bond acceptors (Lipinski definition) is 6. The quantitative estimate of drug-likeness (QED) is 0.448. The van der Waals surface area contributed by atoms with Crippen LogP contribution in [0.3, 0.4) is 0 Å². The second-order valence-electron chi connectivity index (χ2n) is 6.07. The number of nitrogens with one attached hydrogen (secondary N) is 1. The van der Waals surface area contributed by atoms with Crippen LogP contribution >= 0.6 is 11.8 Å². The number of carbonyl (C=O) groups is 1. The second-order valence-corrected chi connectivity index (χ2v) is 7.01. The van der Waals surface area contributed by atoms with Crippen molar-refractivity contribution in [2.24, 2.45) is 0 Å². The summed E-state index contributed by atoms with van der Waals surface area (Å²) in [6.45, 7) is 0.294. The molecule has 6 nitrogen and oxygen atoms in total. The van der Waals surface area contributed by atoms with Crippen molar-refractivity contribution < 1.29 is 22.7 Å². The molecular weight excluding hydrogens is 417 g/mol. The molecule has 0 aliphatic rings. The Morgan fingerprint density at radius 2 is 1.80 bits per heavy atom. The van der Waals surface area contributed by atoms with Crippen LogP contribution in [-0.2, 0) is 17.5 Å². The minimum atomic E-state index is -4.64. The molecular formula is C20H17F3N4O2S. The first-order chi connectivity index (χ1) is 14.3. The zero-order valence-electron chi connectivity index (χ0n) is 15.8. The fraction of sp³-hybridized carbons (Fsp3) is 0.200. The molecule has 0 spiro atoms. The first-order valence-corrected chi connectivity index (χ1v) is 9.73. The SMILES string of the molecule is COc1ccc(-c2cc(C(F)(F)F)nc(SCC(=O)NCc3ccncc3)n2)cc1. The van der Waals surface area contributed by atoms with Gasteiger partial charge in [-0.1, -0.05) is 11.8 Å².